The molecule has 3 rings (SSSR count). The van der Waals surface area contributed by atoms with Crippen molar-refractivity contribution in [3.05, 3.63) is 64.0 Å². The van der Waals surface area contributed by atoms with E-state index in [2.05, 4.69) is 5.32 Å². The van der Waals surface area contributed by atoms with Crippen LogP contribution in [-0.2, 0) is 11.2 Å². The van der Waals surface area contributed by atoms with E-state index in [-0.39, 0.29) is 12.3 Å². The number of fused-ring (bicyclic) bond motifs is 1. The van der Waals surface area contributed by atoms with Gasteiger partial charge in [-0.1, -0.05) is 0 Å². The van der Waals surface area contributed by atoms with Gasteiger partial charge in [0.2, 0.25) is 5.91 Å². The lowest BCUT2D eigenvalue weighted by Crippen LogP contribution is -2.16. The van der Waals surface area contributed by atoms with Gasteiger partial charge in [-0.05, 0) is 55.3 Å². The first-order chi connectivity index (χ1) is 14.0. The molecule has 0 saturated heterocycles. The maximum absolute atomic E-state index is 12.4. The lowest BCUT2D eigenvalue weighted by atomic mass is 10.0. The molecule has 7 heteroatoms. The molecular formula is C22H24N2O5. The standard InChI is InChI=1S/C22H24N2O5/c1-14-18-8-7-17(27-2)13-20(18)29-22(26)19(14)9-10-21(25)24-15-3-5-16(6-4-15)28-12-11-23/h3-8,13H,9-12,23H2,1-2H3,(H,24,25). The maximum Gasteiger partial charge on any atom is 0.339 e. The molecule has 3 aromatic rings. The van der Waals surface area contributed by atoms with E-state index in [1.165, 1.54) is 0 Å². The molecule has 0 spiro atoms. The van der Waals surface area contributed by atoms with E-state index >= 15 is 0 Å². The molecule has 7 nitrogen and oxygen atoms in total. The van der Waals surface area contributed by atoms with Gasteiger partial charge in [0.15, 0.2) is 0 Å². The minimum Gasteiger partial charge on any atom is -0.497 e. The van der Waals surface area contributed by atoms with E-state index in [1.807, 2.05) is 19.1 Å². The summed E-state index contributed by atoms with van der Waals surface area (Å²) in [4.78, 5) is 24.7. The summed E-state index contributed by atoms with van der Waals surface area (Å²) in [5.74, 6) is 1.12. The molecule has 0 aliphatic rings. The van der Waals surface area contributed by atoms with Crippen LogP contribution in [0.1, 0.15) is 17.5 Å². The molecule has 3 N–H and O–H groups in total. The third-order valence-corrected chi connectivity index (χ3v) is 4.62. The number of methoxy groups -OCH3 is 1. The fraction of sp³-hybridized carbons (Fsp3) is 0.273. The summed E-state index contributed by atoms with van der Waals surface area (Å²) >= 11 is 0. The average molecular weight is 396 g/mol. The monoisotopic (exact) mass is 396 g/mol. The Hall–Kier alpha value is -3.32. The summed E-state index contributed by atoms with van der Waals surface area (Å²) < 4.78 is 16.0. The van der Waals surface area contributed by atoms with Crippen molar-refractivity contribution in [1.29, 1.82) is 0 Å². The predicted octanol–water partition coefficient (Wildman–Crippen LogP) is 3.02. The second kappa shape index (κ2) is 9.25. The lowest BCUT2D eigenvalue weighted by Gasteiger charge is -2.10. The zero-order valence-corrected chi connectivity index (χ0v) is 16.5. The molecule has 0 atom stereocenters. The van der Waals surface area contributed by atoms with Gasteiger partial charge in [0, 0.05) is 35.7 Å². The number of aryl methyl sites for hydroxylation is 1. The van der Waals surface area contributed by atoms with E-state index in [1.54, 1.807) is 37.4 Å². The summed E-state index contributed by atoms with van der Waals surface area (Å²) in [6.45, 7) is 2.74. The normalized spacial score (nSPS) is 10.7. The number of nitrogens with two attached hydrogens (primary N) is 1. The Labute approximate surface area is 168 Å². The molecule has 1 amide bonds. The summed E-state index contributed by atoms with van der Waals surface area (Å²) in [5.41, 5.74) is 7.41. The van der Waals surface area contributed by atoms with Crippen LogP contribution >= 0.6 is 0 Å². The average Bonchev–Trinajstić information content (AvgIpc) is 2.72. The van der Waals surface area contributed by atoms with Crippen molar-refractivity contribution in [3.63, 3.8) is 0 Å². The van der Waals surface area contributed by atoms with Crippen molar-refractivity contribution in [2.24, 2.45) is 5.73 Å². The third kappa shape index (κ3) is 4.94. The molecule has 0 radical (unpaired) electrons. The molecule has 0 aliphatic heterocycles. The highest BCUT2D eigenvalue weighted by Crippen LogP contribution is 2.24. The van der Waals surface area contributed by atoms with Gasteiger partial charge in [-0.2, -0.15) is 0 Å². The Morgan fingerprint density at radius 3 is 2.55 bits per heavy atom. The van der Waals surface area contributed by atoms with Crippen LogP contribution in [0.25, 0.3) is 11.0 Å². The van der Waals surface area contributed by atoms with Gasteiger partial charge in [-0.15, -0.1) is 0 Å². The van der Waals surface area contributed by atoms with Crippen LogP contribution in [0, 0.1) is 6.92 Å². The summed E-state index contributed by atoms with van der Waals surface area (Å²) in [5, 5.41) is 3.65. The van der Waals surface area contributed by atoms with Gasteiger partial charge >= 0.3 is 5.63 Å². The lowest BCUT2D eigenvalue weighted by molar-refractivity contribution is -0.116. The number of carbonyl (C=O) groups is 1. The number of ether oxygens (including phenoxy) is 2. The molecule has 2 aromatic carbocycles. The van der Waals surface area contributed by atoms with E-state index in [4.69, 9.17) is 19.6 Å². The van der Waals surface area contributed by atoms with Gasteiger partial charge in [-0.25, -0.2) is 4.79 Å². The number of benzene rings is 2. The number of nitrogens with one attached hydrogen (secondary N) is 1. The Morgan fingerprint density at radius 1 is 1.14 bits per heavy atom. The highest BCUT2D eigenvalue weighted by Gasteiger charge is 2.14. The van der Waals surface area contributed by atoms with Crippen LogP contribution in [-0.4, -0.2) is 26.2 Å². The highest BCUT2D eigenvalue weighted by atomic mass is 16.5. The van der Waals surface area contributed by atoms with Crippen molar-refractivity contribution in [1.82, 2.24) is 0 Å². The second-order valence-corrected chi connectivity index (χ2v) is 6.56. The smallest absolute Gasteiger partial charge is 0.339 e. The van der Waals surface area contributed by atoms with Crippen molar-refractivity contribution in [3.8, 4) is 11.5 Å². The second-order valence-electron chi connectivity index (χ2n) is 6.56. The highest BCUT2D eigenvalue weighted by molar-refractivity contribution is 5.91. The van der Waals surface area contributed by atoms with Crippen LogP contribution in [0.2, 0.25) is 0 Å². The van der Waals surface area contributed by atoms with Crippen LogP contribution in [0.5, 0.6) is 11.5 Å². The van der Waals surface area contributed by atoms with Gasteiger partial charge < -0.3 is 24.9 Å². The minimum atomic E-state index is -0.433. The fourth-order valence-corrected chi connectivity index (χ4v) is 3.06. The van der Waals surface area contributed by atoms with E-state index < -0.39 is 5.63 Å². The summed E-state index contributed by atoms with van der Waals surface area (Å²) in [7, 11) is 1.56. The number of amides is 1. The van der Waals surface area contributed by atoms with Crippen molar-refractivity contribution in [2.75, 3.05) is 25.6 Å². The Balaban J connectivity index is 1.67. The zero-order chi connectivity index (χ0) is 20.8. The first-order valence-electron chi connectivity index (χ1n) is 9.35. The SMILES string of the molecule is COc1ccc2c(C)c(CCC(=O)Nc3ccc(OCCN)cc3)c(=O)oc2c1. The predicted molar refractivity (Wildman–Crippen MR) is 112 cm³/mol. The fourth-order valence-electron chi connectivity index (χ4n) is 3.06. The first kappa shape index (κ1) is 20.4. The van der Waals surface area contributed by atoms with Crippen LogP contribution in [0.3, 0.4) is 0 Å². The molecule has 29 heavy (non-hydrogen) atoms. The number of hydrogen-bond acceptors (Lipinski definition) is 6. The van der Waals surface area contributed by atoms with Crippen LogP contribution in [0.15, 0.2) is 51.7 Å². The van der Waals surface area contributed by atoms with Crippen molar-refractivity contribution < 1.29 is 18.7 Å². The molecule has 0 unspecified atom stereocenters. The molecule has 0 saturated carbocycles. The molecule has 0 bridgehead atoms. The zero-order valence-electron chi connectivity index (χ0n) is 16.5. The van der Waals surface area contributed by atoms with Crippen LogP contribution in [0.4, 0.5) is 5.69 Å². The van der Waals surface area contributed by atoms with E-state index in [0.717, 1.165) is 10.9 Å². The molecule has 1 heterocycles. The topological polar surface area (TPSA) is 104 Å². The first-order valence-corrected chi connectivity index (χ1v) is 9.35. The Kier molecular flexibility index (Phi) is 6.51. The van der Waals surface area contributed by atoms with Crippen molar-refractivity contribution >= 4 is 22.6 Å². The van der Waals surface area contributed by atoms with E-state index in [9.17, 15) is 9.59 Å². The van der Waals surface area contributed by atoms with E-state index in [0.29, 0.717) is 47.9 Å². The number of carbonyl (C=O) groups excluding carboxylic acids is 1. The van der Waals surface area contributed by atoms with Crippen molar-refractivity contribution in [2.45, 2.75) is 19.8 Å². The molecule has 0 fully saturated rings. The molecule has 0 aliphatic carbocycles. The molecule has 152 valence electrons. The summed E-state index contributed by atoms with van der Waals surface area (Å²) in [6, 6.07) is 12.4. The maximum atomic E-state index is 12.4. The Bertz CT molecular complexity index is 1060. The van der Waals surface area contributed by atoms with Gasteiger partial charge in [0.25, 0.3) is 0 Å². The molecular weight excluding hydrogens is 372 g/mol. The molecule has 1 aromatic heterocycles. The Morgan fingerprint density at radius 2 is 1.86 bits per heavy atom. The number of rotatable bonds is 8. The van der Waals surface area contributed by atoms with Gasteiger partial charge in [-0.3, -0.25) is 4.79 Å². The number of anilines is 1. The number of hydrogen-bond donors (Lipinski definition) is 2. The van der Waals surface area contributed by atoms with Gasteiger partial charge in [0.1, 0.15) is 23.7 Å². The minimum absolute atomic E-state index is 0.165. The van der Waals surface area contributed by atoms with Crippen LogP contribution < -0.4 is 26.1 Å². The quantitative estimate of drug-likeness (QED) is 0.567. The largest absolute Gasteiger partial charge is 0.497 e. The van der Waals surface area contributed by atoms with Gasteiger partial charge in [0.05, 0.1) is 7.11 Å². The third-order valence-electron chi connectivity index (χ3n) is 4.62. The summed E-state index contributed by atoms with van der Waals surface area (Å²) in [6.07, 6.45) is 0.457.